The molecule has 0 saturated heterocycles. The third-order valence-corrected chi connectivity index (χ3v) is 4.44. The van der Waals surface area contributed by atoms with Crippen molar-refractivity contribution in [1.29, 1.82) is 0 Å². The quantitative estimate of drug-likeness (QED) is 0.495. The number of rotatable bonds is 6. The summed E-state index contributed by atoms with van der Waals surface area (Å²) >= 11 is 0. The van der Waals surface area contributed by atoms with Gasteiger partial charge in [-0.2, -0.15) is 0 Å². The van der Waals surface area contributed by atoms with E-state index < -0.39 is 5.92 Å². The van der Waals surface area contributed by atoms with Crippen molar-refractivity contribution < 1.29 is 9.32 Å². The zero-order valence-electron chi connectivity index (χ0n) is 15.9. The summed E-state index contributed by atoms with van der Waals surface area (Å²) in [6.07, 6.45) is 1.61. The van der Waals surface area contributed by atoms with Gasteiger partial charge in [-0.05, 0) is 30.2 Å². The van der Waals surface area contributed by atoms with E-state index >= 15 is 0 Å². The van der Waals surface area contributed by atoms with E-state index in [2.05, 4.69) is 20.8 Å². The van der Waals surface area contributed by atoms with Gasteiger partial charge in [0.2, 0.25) is 5.91 Å². The summed E-state index contributed by atoms with van der Waals surface area (Å²) in [5.74, 6) is 1.38. The molecule has 1 amide bonds. The molecule has 2 heterocycles. The van der Waals surface area contributed by atoms with E-state index in [-0.39, 0.29) is 5.91 Å². The Morgan fingerprint density at radius 1 is 0.897 bits per heavy atom. The topological polar surface area (TPSA) is 80.0 Å². The van der Waals surface area contributed by atoms with Crippen LogP contribution in [0, 0.1) is 6.92 Å². The number of nitrogens with one attached hydrogen (secondary N) is 2. The zero-order valence-corrected chi connectivity index (χ0v) is 15.9. The van der Waals surface area contributed by atoms with Crippen molar-refractivity contribution in [2.24, 2.45) is 0 Å². The van der Waals surface area contributed by atoms with E-state index in [0.717, 1.165) is 11.1 Å². The second kappa shape index (κ2) is 8.39. The van der Waals surface area contributed by atoms with Crippen molar-refractivity contribution in [3.63, 3.8) is 0 Å². The molecule has 6 heteroatoms. The molecule has 0 spiro atoms. The van der Waals surface area contributed by atoms with Crippen LogP contribution in [0.3, 0.4) is 0 Å². The molecule has 144 valence electrons. The Hall–Kier alpha value is -3.93. The first kappa shape index (κ1) is 18.4. The van der Waals surface area contributed by atoms with E-state index in [4.69, 9.17) is 4.52 Å². The number of hydrogen-bond acceptors (Lipinski definition) is 5. The number of amides is 1. The summed E-state index contributed by atoms with van der Waals surface area (Å²) in [7, 11) is 0. The van der Waals surface area contributed by atoms with Gasteiger partial charge in [0.25, 0.3) is 0 Å². The highest BCUT2D eigenvalue weighted by molar-refractivity contribution is 5.98. The van der Waals surface area contributed by atoms with Gasteiger partial charge in [-0.3, -0.25) is 4.79 Å². The molecular formula is C23H20N4O2. The smallest absolute Gasteiger partial charge is 0.236 e. The Balaban J connectivity index is 1.51. The van der Waals surface area contributed by atoms with E-state index in [1.165, 1.54) is 0 Å². The van der Waals surface area contributed by atoms with E-state index in [1.807, 2.05) is 67.6 Å². The van der Waals surface area contributed by atoms with Gasteiger partial charge in [0.05, 0.1) is 17.8 Å². The standard InChI is InChI=1S/C23H20N4O2/c1-16-14-21(27-29-16)26-20-13-12-19(15-24-20)25-23(28)22(17-8-4-2-5-9-17)18-10-6-3-7-11-18/h2-15,22H,1H3,(H,25,28)(H,24,26,27). The number of carbonyl (C=O) groups is 1. The minimum atomic E-state index is -0.409. The molecule has 0 aliphatic carbocycles. The van der Waals surface area contributed by atoms with Crippen LogP contribution >= 0.6 is 0 Å². The molecule has 2 aromatic carbocycles. The molecule has 0 radical (unpaired) electrons. The molecule has 0 unspecified atom stereocenters. The van der Waals surface area contributed by atoms with Crippen LogP contribution in [0.1, 0.15) is 22.8 Å². The Morgan fingerprint density at radius 3 is 2.07 bits per heavy atom. The maximum Gasteiger partial charge on any atom is 0.236 e. The lowest BCUT2D eigenvalue weighted by Crippen LogP contribution is -2.22. The van der Waals surface area contributed by atoms with E-state index in [0.29, 0.717) is 23.1 Å². The molecule has 0 aliphatic rings. The van der Waals surface area contributed by atoms with E-state index in [1.54, 1.807) is 24.4 Å². The minimum Gasteiger partial charge on any atom is -0.360 e. The normalized spacial score (nSPS) is 10.7. The second-order valence-electron chi connectivity index (χ2n) is 6.62. The number of pyridine rings is 1. The summed E-state index contributed by atoms with van der Waals surface area (Å²) in [4.78, 5) is 17.4. The molecule has 0 fully saturated rings. The fraction of sp³-hybridized carbons (Fsp3) is 0.0870. The molecule has 29 heavy (non-hydrogen) atoms. The first-order valence-corrected chi connectivity index (χ1v) is 9.26. The van der Waals surface area contributed by atoms with Gasteiger partial charge in [-0.1, -0.05) is 65.8 Å². The molecule has 0 saturated carbocycles. The van der Waals surface area contributed by atoms with Crippen molar-refractivity contribution in [3.8, 4) is 0 Å². The van der Waals surface area contributed by atoms with Crippen LogP contribution in [0.15, 0.2) is 89.6 Å². The van der Waals surface area contributed by atoms with Crippen LogP contribution in [0.25, 0.3) is 0 Å². The molecule has 2 aromatic heterocycles. The van der Waals surface area contributed by atoms with Crippen molar-refractivity contribution in [3.05, 3.63) is 102 Å². The van der Waals surface area contributed by atoms with E-state index in [9.17, 15) is 4.79 Å². The maximum atomic E-state index is 13.1. The molecule has 0 atom stereocenters. The van der Waals surface area contributed by atoms with Crippen LogP contribution in [0.4, 0.5) is 17.3 Å². The SMILES string of the molecule is Cc1cc(Nc2ccc(NC(=O)C(c3ccccc3)c3ccccc3)cn2)no1. The van der Waals surface area contributed by atoms with Gasteiger partial charge in [0, 0.05) is 6.07 Å². The van der Waals surface area contributed by atoms with Crippen molar-refractivity contribution in [2.75, 3.05) is 10.6 Å². The Morgan fingerprint density at radius 2 is 1.55 bits per heavy atom. The Bertz CT molecular complexity index is 1040. The fourth-order valence-corrected chi connectivity index (χ4v) is 3.10. The van der Waals surface area contributed by atoms with Gasteiger partial charge in [-0.15, -0.1) is 0 Å². The summed E-state index contributed by atoms with van der Waals surface area (Å²) in [5, 5.41) is 9.90. The fourth-order valence-electron chi connectivity index (χ4n) is 3.10. The minimum absolute atomic E-state index is 0.114. The van der Waals surface area contributed by atoms with Crippen LogP contribution in [0.2, 0.25) is 0 Å². The lowest BCUT2D eigenvalue weighted by Gasteiger charge is -2.18. The predicted molar refractivity (Wildman–Crippen MR) is 112 cm³/mol. The number of aromatic nitrogens is 2. The average Bonchev–Trinajstić information content (AvgIpc) is 3.16. The Kier molecular flexibility index (Phi) is 5.33. The third-order valence-electron chi connectivity index (χ3n) is 4.44. The highest BCUT2D eigenvalue weighted by atomic mass is 16.5. The average molecular weight is 384 g/mol. The first-order chi connectivity index (χ1) is 14.2. The molecule has 4 aromatic rings. The summed E-state index contributed by atoms with van der Waals surface area (Å²) < 4.78 is 5.03. The summed E-state index contributed by atoms with van der Waals surface area (Å²) in [6.45, 7) is 1.82. The first-order valence-electron chi connectivity index (χ1n) is 9.26. The summed E-state index contributed by atoms with van der Waals surface area (Å²) in [6, 6.07) is 24.8. The van der Waals surface area contributed by atoms with Gasteiger partial charge in [-0.25, -0.2) is 4.98 Å². The van der Waals surface area contributed by atoms with Crippen LogP contribution in [0.5, 0.6) is 0 Å². The van der Waals surface area contributed by atoms with Crippen LogP contribution < -0.4 is 10.6 Å². The van der Waals surface area contributed by atoms with Gasteiger partial charge in [0.1, 0.15) is 11.6 Å². The van der Waals surface area contributed by atoms with Crippen molar-refractivity contribution >= 4 is 23.2 Å². The number of anilines is 3. The predicted octanol–water partition coefficient (Wildman–Crippen LogP) is 4.89. The maximum absolute atomic E-state index is 13.1. The van der Waals surface area contributed by atoms with Crippen LogP contribution in [-0.2, 0) is 4.79 Å². The lowest BCUT2D eigenvalue weighted by molar-refractivity contribution is -0.116. The number of nitrogens with zero attached hydrogens (tertiary/aromatic N) is 2. The number of hydrogen-bond donors (Lipinski definition) is 2. The highest BCUT2D eigenvalue weighted by Crippen LogP contribution is 2.26. The molecule has 0 bridgehead atoms. The van der Waals surface area contributed by atoms with Gasteiger partial charge >= 0.3 is 0 Å². The number of carbonyl (C=O) groups excluding carboxylic acids is 1. The van der Waals surface area contributed by atoms with Gasteiger partial charge in [0.15, 0.2) is 5.82 Å². The van der Waals surface area contributed by atoms with Crippen molar-refractivity contribution in [2.45, 2.75) is 12.8 Å². The monoisotopic (exact) mass is 384 g/mol. The number of benzene rings is 2. The number of aryl methyl sites for hydroxylation is 1. The largest absolute Gasteiger partial charge is 0.360 e. The molecule has 2 N–H and O–H groups in total. The molecular weight excluding hydrogens is 364 g/mol. The zero-order chi connectivity index (χ0) is 20.1. The molecule has 4 rings (SSSR count). The highest BCUT2D eigenvalue weighted by Gasteiger charge is 2.22. The third kappa shape index (κ3) is 4.50. The molecule has 0 aliphatic heterocycles. The Labute approximate surface area is 168 Å². The second-order valence-corrected chi connectivity index (χ2v) is 6.62. The summed E-state index contributed by atoms with van der Waals surface area (Å²) in [5.41, 5.74) is 2.49. The lowest BCUT2D eigenvalue weighted by atomic mass is 9.90. The molecule has 6 nitrogen and oxygen atoms in total. The van der Waals surface area contributed by atoms with Gasteiger partial charge < -0.3 is 15.2 Å². The van der Waals surface area contributed by atoms with Crippen molar-refractivity contribution in [1.82, 2.24) is 10.1 Å². The van der Waals surface area contributed by atoms with Crippen LogP contribution in [-0.4, -0.2) is 16.0 Å².